The third-order valence-corrected chi connectivity index (χ3v) is 2.74. The van der Waals surface area contributed by atoms with Gasteiger partial charge in [0, 0.05) is 12.6 Å². The fourth-order valence-corrected chi connectivity index (χ4v) is 1.81. The minimum Gasteiger partial charge on any atom is -0.505 e. The van der Waals surface area contributed by atoms with Crippen molar-refractivity contribution < 1.29 is 9.90 Å². The van der Waals surface area contributed by atoms with E-state index in [-0.39, 0.29) is 28.9 Å². The second-order valence-corrected chi connectivity index (χ2v) is 5.19. The van der Waals surface area contributed by atoms with Crippen molar-refractivity contribution in [3.63, 3.8) is 0 Å². The molecule has 18 heavy (non-hydrogen) atoms. The quantitative estimate of drug-likeness (QED) is 0.637. The molecule has 100 valence electrons. The first-order valence-electron chi connectivity index (χ1n) is 6.23. The first-order chi connectivity index (χ1) is 8.34. The minimum absolute atomic E-state index is 0.0840. The van der Waals surface area contributed by atoms with Gasteiger partial charge in [-0.1, -0.05) is 19.9 Å². The van der Waals surface area contributed by atoms with Gasteiger partial charge in [-0.25, -0.2) is 0 Å². The van der Waals surface area contributed by atoms with Gasteiger partial charge in [0.1, 0.15) is 0 Å². The van der Waals surface area contributed by atoms with E-state index in [4.69, 9.17) is 5.73 Å². The highest BCUT2D eigenvalue weighted by molar-refractivity contribution is 5.98. The van der Waals surface area contributed by atoms with Gasteiger partial charge in [0.05, 0.1) is 11.3 Å². The smallest absolute Gasteiger partial charge is 0.257 e. The number of carbonyl (C=O) groups excluding carboxylic acids is 1. The molecule has 4 heteroatoms. The van der Waals surface area contributed by atoms with Crippen LogP contribution < -0.4 is 5.73 Å². The van der Waals surface area contributed by atoms with E-state index in [0.717, 1.165) is 0 Å². The molecule has 0 unspecified atom stereocenters. The number of hydrogen-bond acceptors (Lipinski definition) is 3. The zero-order chi connectivity index (χ0) is 13.9. The lowest BCUT2D eigenvalue weighted by molar-refractivity contribution is 0.0679. The molecule has 1 aromatic carbocycles. The van der Waals surface area contributed by atoms with Crippen LogP contribution in [0, 0.1) is 5.92 Å². The molecule has 0 saturated heterocycles. The lowest BCUT2D eigenvalue weighted by atomic mass is 10.1. The Labute approximate surface area is 108 Å². The van der Waals surface area contributed by atoms with E-state index in [2.05, 4.69) is 13.8 Å². The third kappa shape index (κ3) is 3.15. The number of para-hydroxylation sites is 1. The SMILES string of the molecule is CC(C)CN(C(=O)c1cccc(N)c1O)C(C)C. The number of nitrogen functional groups attached to an aromatic ring is 1. The summed E-state index contributed by atoms with van der Waals surface area (Å²) < 4.78 is 0. The number of phenols is 1. The predicted molar refractivity (Wildman–Crippen MR) is 73.5 cm³/mol. The topological polar surface area (TPSA) is 66.6 Å². The normalized spacial score (nSPS) is 11.0. The Bertz CT molecular complexity index is 428. The van der Waals surface area contributed by atoms with E-state index in [1.807, 2.05) is 13.8 Å². The number of anilines is 1. The van der Waals surface area contributed by atoms with Crippen molar-refractivity contribution in [1.82, 2.24) is 4.90 Å². The summed E-state index contributed by atoms with van der Waals surface area (Å²) in [5.74, 6) is 0.0694. The average molecular weight is 250 g/mol. The number of aromatic hydroxyl groups is 1. The van der Waals surface area contributed by atoms with Crippen LogP contribution in [0.3, 0.4) is 0 Å². The van der Waals surface area contributed by atoms with Crippen molar-refractivity contribution in [1.29, 1.82) is 0 Å². The van der Waals surface area contributed by atoms with Crippen LogP contribution in [0.4, 0.5) is 5.69 Å². The maximum absolute atomic E-state index is 12.4. The molecule has 1 aromatic rings. The largest absolute Gasteiger partial charge is 0.505 e. The van der Waals surface area contributed by atoms with Crippen molar-refractivity contribution in [3.05, 3.63) is 23.8 Å². The van der Waals surface area contributed by atoms with Crippen LogP contribution in [0.5, 0.6) is 5.75 Å². The highest BCUT2D eigenvalue weighted by Gasteiger charge is 2.22. The maximum Gasteiger partial charge on any atom is 0.257 e. The van der Waals surface area contributed by atoms with Crippen molar-refractivity contribution in [2.75, 3.05) is 12.3 Å². The van der Waals surface area contributed by atoms with Gasteiger partial charge in [0.2, 0.25) is 0 Å². The molecule has 0 heterocycles. The van der Waals surface area contributed by atoms with Crippen LogP contribution in [0.15, 0.2) is 18.2 Å². The van der Waals surface area contributed by atoms with Crippen molar-refractivity contribution in [2.24, 2.45) is 5.92 Å². The monoisotopic (exact) mass is 250 g/mol. The summed E-state index contributed by atoms with van der Waals surface area (Å²) in [6, 6.07) is 4.94. The fraction of sp³-hybridized carbons (Fsp3) is 0.500. The highest BCUT2D eigenvalue weighted by atomic mass is 16.3. The molecule has 0 aliphatic rings. The summed E-state index contributed by atoms with van der Waals surface area (Å²) in [5.41, 5.74) is 6.11. The van der Waals surface area contributed by atoms with Crippen LogP contribution in [-0.2, 0) is 0 Å². The molecule has 0 bridgehead atoms. The molecular formula is C14H22N2O2. The van der Waals surface area contributed by atoms with E-state index < -0.39 is 0 Å². The summed E-state index contributed by atoms with van der Waals surface area (Å²) >= 11 is 0. The summed E-state index contributed by atoms with van der Waals surface area (Å²) in [5, 5.41) is 9.86. The lowest BCUT2D eigenvalue weighted by Crippen LogP contribution is -2.39. The van der Waals surface area contributed by atoms with Crippen molar-refractivity contribution in [3.8, 4) is 5.75 Å². The van der Waals surface area contributed by atoms with Crippen LogP contribution in [0.25, 0.3) is 0 Å². The Morgan fingerprint density at radius 3 is 2.44 bits per heavy atom. The molecule has 0 atom stereocenters. The second kappa shape index (κ2) is 5.76. The summed E-state index contributed by atoms with van der Waals surface area (Å²) in [7, 11) is 0. The van der Waals surface area contributed by atoms with Gasteiger partial charge in [-0.15, -0.1) is 0 Å². The number of nitrogens with two attached hydrogens (primary N) is 1. The van der Waals surface area contributed by atoms with Crippen molar-refractivity contribution in [2.45, 2.75) is 33.7 Å². The maximum atomic E-state index is 12.4. The fourth-order valence-electron chi connectivity index (χ4n) is 1.81. The molecule has 1 amide bonds. The molecule has 0 saturated carbocycles. The van der Waals surface area contributed by atoms with Gasteiger partial charge in [-0.05, 0) is 31.9 Å². The van der Waals surface area contributed by atoms with E-state index in [0.29, 0.717) is 12.5 Å². The second-order valence-electron chi connectivity index (χ2n) is 5.19. The highest BCUT2D eigenvalue weighted by Crippen LogP contribution is 2.26. The molecule has 4 nitrogen and oxygen atoms in total. The lowest BCUT2D eigenvalue weighted by Gasteiger charge is -2.29. The number of hydrogen-bond donors (Lipinski definition) is 2. The van der Waals surface area contributed by atoms with Gasteiger partial charge in [0.25, 0.3) is 5.91 Å². The predicted octanol–water partition coefficient (Wildman–Crippen LogP) is 2.48. The van der Waals surface area contributed by atoms with Gasteiger partial charge in [0.15, 0.2) is 5.75 Å². The van der Waals surface area contributed by atoms with Crippen LogP contribution in [0.2, 0.25) is 0 Å². The Hall–Kier alpha value is -1.71. The Morgan fingerprint density at radius 2 is 1.94 bits per heavy atom. The number of benzene rings is 1. The molecule has 1 rings (SSSR count). The molecule has 0 aromatic heterocycles. The number of nitrogens with zero attached hydrogens (tertiary/aromatic N) is 1. The number of phenolic OH excluding ortho intramolecular Hbond substituents is 1. The zero-order valence-electron chi connectivity index (χ0n) is 11.5. The third-order valence-electron chi connectivity index (χ3n) is 2.74. The van der Waals surface area contributed by atoms with E-state index in [1.165, 1.54) is 0 Å². The van der Waals surface area contributed by atoms with Gasteiger partial charge >= 0.3 is 0 Å². The summed E-state index contributed by atoms with van der Waals surface area (Å²) in [4.78, 5) is 14.2. The number of amides is 1. The van der Waals surface area contributed by atoms with E-state index in [1.54, 1.807) is 23.1 Å². The van der Waals surface area contributed by atoms with Gasteiger partial charge in [-0.3, -0.25) is 4.79 Å². The number of rotatable bonds is 4. The standard InChI is InChI=1S/C14H22N2O2/c1-9(2)8-16(10(3)4)14(18)11-6-5-7-12(15)13(11)17/h5-7,9-10,17H,8,15H2,1-4H3. The van der Waals surface area contributed by atoms with E-state index in [9.17, 15) is 9.90 Å². The van der Waals surface area contributed by atoms with Crippen LogP contribution in [-0.4, -0.2) is 28.5 Å². The molecule has 0 spiro atoms. The molecular weight excluding hydrogens is 228 g/mol. The van der Waals surface area contributed by atoms with E-state index >= 15 is 0 Å². The van der Waals surface area contributed by atoms with Crippen molar-refractivity contribution >= 4 is 11.6 Å². The average Bonchev–Trinajstić information content (AvgIpc) is 2.28. The van der Waals surface area contributed by atoms with Crippen LogP contribution >= 0.6 is 0 Å². The number of carbonyl (C=O) groups is 1. The molecule has 0 aliphatic heterocycles. The summed E-state index contributed by atoms with van der Waals surface area (Å²) in [6.45, 7) is 8.70. The molecule has 0 radical (unpaired) electrons. The Balaban J connectivity index is 3.06. The first kappa shape index (κ1) is 14.4. The van der Waals surface area contributed by atoms with Crippen LogP contribution in [0.1, 0.15) is 38.1 Å². The Kier molecular flexibility index (Phi) is 4.59. The molecule has 3 N–H and O–H groups in total. The summed E-state index contributed by atoms with van der Waals surface area (Å²) in [6.07, 6.45) is 0. The molecule has 0 aliphatic carbocycles. The molecule has 0 fully saturated rings. The van der Waals surface area contributed by atoms with Gasteiger partial charge in [-0.2, -0.15) is 0 Å². The Morgan fingerprint density at radius 1 is 1.33 bits per heavy atom. The minimum atomic E-state index is -0.177. The zero-order valence-corrected chi connectivity index (χ0v) is 11.5. The van der Waals surface area contributed by atoms with Gasteiger partial charge < -0.3 is 15.7 Å². The first-order valence-corrected chi connectivity index (χ1v) is 6.23.